The van der Waals surface area contributed by atoms with Gasteiger partial charge >= 0.3 is 0 Å². The van der Waals surface area contributed by atoms with Crippen LogP contribution in [0.1, 0.15) is 24.0 Å². The highest BCUT2D eigenvalue weighted by Gasteiger charge is 2.32. The van der Waals surface area contributed by atoms with E-state index in [4.69, 9.17) is 16.9 Å². The molecule has 0 radical (unpaired) electrons. The highest BCUT2D eigenvalue weighted by atomic mass is 35.5. The van der Waals surface area contributed by atoms with Crippen molar-refractivity contribution in [2.75, 3.05) is 25.4 Å². The number of piperidine rings is 1. The summed E-state index contributed by atoms with van der Waals surface area (Å²) in [5.41, 5.74) is 1.64. The molecule has 0 saturated carbocycles. The monoisotopic (exact) mass is 495 g/mol. The number of amides is 1. The number of halogens is 2. The molecular weight excluding hydrogens is 473 g/mol. The lowest BCUT2D eigenvalue weighted by molar-refractivity contribution is -0.125. The van der Waals surface area contributed by atoms with E-state index in [1.54, 1.807) is 17.8 Å². The Balaban J connectivity index is 1.42. The molecular formula is C22H23ClFN3O3S2. The highest BCUT2D eigenvalue weighted by molar-refractivity contribution is 7.98. The van der Waals surface area contributed by atoms with E-state index in [0.717, 1.165) is 17.7 Å². The summed E-state index contributed by atoms with van der Waals surface area (Å²) in [6, 6.07) is 13.0. The molecule has 0 spiro atoms. The molecule has 1 aliphatic heterocycles. The summed E-state index contributed by atoms with van der Waals surface area (Å²) in [4.78, 5) is 12.4. The molecule has 0 unspecified atom stereocenters. The quantitative estimate of drug-likeness (QED) is 0.562. The van der Waals surface area contributed by atoms with Crippen LogP contribution in [-0.4, -0.2) is 44.0 Å². The fourth-order valence-corrected chi connectivity index (χ4v) is 6.08. The number of thioether (sulfide) groups is 1. The number of hydrogen-bond donors (Lipinski definition) is 1. The number of nitrogens with zero attached hydrogens (tertiary/aromatic N) is 2. The van der Waals surface area contributed by atoms with E-state index >= 15 is 0 Å². The number of rotatable bonds is 8. The minimum absolute atomic E-state index is 0.0539. The van der Waals surface area contributed by atoms with Crippen molar-refractivity contribution in [1.82, 2.24) is 9.62 Å². The third-order valence-corrected chi connectivity index (χ3v) is 8.49. The van der Waals surface area contributed by atoms with Crippen LogP contribution < -0.4 is 5.32 Å². The van der Waals surface area contributed by atoms with E-state index in [1.807, 2.05) is 18.2 Å². The lowest BCUT2D eigenvalue weighted by Gasteiger charge is -2.30. The van der Waals surface area contributed by atoms with Crippen LogP contribution in [0.25, 0.3) is 0 Å². The first-order valence-electron chi connectivity index (χ1n) is 10.1. The zero-order chi connectivity index (χ0) is 23.1. The largest absolute Gasteiger partial charge is 0.355 e. The first kappa shape index (κ1) is 24.5. The second-order valence-electron chi connectivity index (χ2n) is 7.37. The lowest BCUT2D eigenvalue weighted by Crippen LogP contribution is -2.43. The first-order valence-corrected chi connectivity index (χ1v) is 13.1. The average molecular weight is 496 g/mol. The number of nitriles is 1. The second kappa shape index (κ2) is 11.1. The van der Waals surface area contributed by atoms with Crippen LogP contribution in [-0.2, 0) is 20.6 Å². The van der Waals surface area contributed by atoms with Crippen molar-refractivity contribution < 1.29 is 17.6 Å². The summed E-state index contributed by atoms with van der Waals surface area (Å²) in [7, 11) is -3.78. The SMILES string of the molecule is N#Cc1ccccc1CSCCNC(=O)C1CCN(S(=O)(=O)c2ccc(F)c(Cl)c2)CC1. The minimum Gasteiger partial charge on any atom is -0.355 e. The van der Waals surface area contributed by atoms with Gasteiger partial charge in [-0.25, -0.2) is 12.8 Å². The van der Waals surface area contributed by atoms with Gasteiger partial charge in [0, 0.05) is 37.1 Å². The predicted octanol–water partition coefficient (Wildman–Crippen LogP) is 3.80. The van der Waals surface area contributed by atoms with E-state index in [1.165, 1.54) is 10.4 Å². The maximum atomic E-state index is 13.3. The molecule has 0 aromatic heterocycles. The highest BCUT2D eigenvalue weighted by Crippen LogP contribution is 2.26. The van der Waals surface area contributed by atoms with Gasteiger partial charge in [0.2, 0.25) is 15.9 Å². The summed E-state index contributed by atoms with van der Waals surface area (Å²) in [5, 5.41) is 11.8. The Kier molecular flexibility index (Phi) is 8.54. The van der Waals surface area contributed by atoms with Gasteiger partial charge in [-0.3, -0.25) is 4.79 Å². The molecule has 10 heteroatoms. The molecule has 1 heterocycles. The van der Waals surface area contributed by atoms with Crippen molar-refractivity contribution in [1.29, 1.82) is 5.26 Å². The topological polar surface area (TPSA) is 90.3 Å². The Morgan fingerprint density at radius 1 is 1.25 bits per heavy atom. The van der Waals surface area contributed by atoms with Crippen LogP contribution >= 0.6 is 23.4 Å². The van der Waals surface area contributed by atoms with Gasteiger partial charge in [-0.05, 0) is 42.7 Å². The van der Waals surface area contributed by atoms with Crippen molar-refractivity contribution in [3.63, 3.8) is 0 Å². The van der Waals surface area contributed by atoms with Crippen LogP contribution in [0.4, 0.5) is 4.39 Å². The zero-order valence-corrected chi connectivity index (χ0v) is 19.6. The molecule has 3 rings (SSSR count). The number of benzene rings is 2. The van der Waals surface area contributed by atoms with E-state index in [0.29, 0.717) is 36.5 Å². The summed E-state index contributed by atoms with van der Waals surface area (Å²) in [6.07, 6.45) is 0.839. The Morgan fingerprint density at radius 3 is 2.66 bits per heavy atom. The molecule has 32 heavy (non-hydrogen) atoms. The molecule has 1 aliphatic rings. The van der Waals surface area contributed by atoms with Crippen molar-refractivity contribution in [3.05, 3.63) is 64.4 Å². The van der Waals surface area contributed by atoms with Crippen LogP contribution in [0.3, 0.4) is 0 Å². The predicted molar refractivity (Wildman–Crippen MR) is 123 cm³/mol. The third kappa shape index (κ3) is 6.01. The number of sulfonamides is 1. The summed E-state index contributed by atoms with van der Waals surface area (Å²) < 4.78 is 40.2. The maximum Gasteiger partial charge on any atom is 0.243 e. The standard InChI is InChI=1S/C22H23ClFN3O3S2/c23-20-13-19(5-6-21(20)24)32(29,30)27-10-7-16(8-11-27)22(28)26-9-12-31-15-18-4-2-1-3-17(18)14-25/h1-6,13,16H,7-12,15H2,(H,26,28). The molecule has 170 valence electrons. The van der Waals surface area contributed by atoms with E-state index in [2.05, 4.69) is 11.4 Å². The van der Waals surface area contributed by atoms with Crippen LogP contribution in [0.15, 0.2) is 47.4 Å². The molecule has 1 N–H and O–H groups in total. The van der Waals surface area contributed by atoms with E-state index < -0.39 is 15.8 Å². The summed E-state index contributed by atoms with van der Waals surface area (Å²) >= 11 is 7.35. The summed E-state index contributed by atoms with van der Waals surface area (Å²) in [6.45, 7) is 0.940. The maximum absolute atomic E-state index is 13.3. The Labute approximate surface area is 196 Å². The third-order valence-electron chi connectivity index (χ3n) is 5.29. The van der Waals surface area contributed by atoms with Gasteiger partial charge in [-0.2, -0.15) is 21.3 Å². The van der Waals surface area contributed by atoms with Crippen LogP contribution in [0.5, 0.6) is 0 Å². The summed E-state index contributed by atoms with van der Waals surface area (Å²) in [5.74, 6) is 0.411. The zero-order valence-electron chi connectivity index (χ0n) is 17.3. The number of carbonyl (C=O) groups is 1. The van der Waals surface area contributed by atoms with Gasteiger partial charge < -0.3 is 5.32 Å². The normalized spacial score (nSPS) is 15.3. The average Bonchev–Trinajstić information content (AvgIpc) is 2.80. The Bertz CT molecular complexity index is 1110. The molecule has 1 amide bonds. The lowest BCUT2D eigenvalue weighted by atomic mass is 9.97. The van der Waals surface area contributed by atoms with Gasteiger partial charge in [0.15, 0.2) is 0 Å². The van der Waals surface area contributed by atoms with Crippen molar-refractivity contribution in [2.45, 2.75) is 23.5 Å². The van der Waals surface area contributed by atoms with Crippen molar-refractivity contribution >= 4 is 39.3 Å². The first-order chi connectivity index (χ1) is 15.3. The van der Waals surface area contributed by atoms with E-state index in [9.17, 15) is 17.6 Å². The van der Waals surface area contributed by atoms with Crippen LogP contribution in [0.2, 0.25) is 5.02 Å². The Hall–Kier alpha value is -2.12. The molecule has 2 aromatic rings. The molecule has 6 nitrogen and oxygen atoms in total. The minimum atomic E-state index is -3.78. The molecule has 0 bridgehead atoms. The Morgan fingerprint density at radius 2 is 1.97 bits per heavy atom. The molecule has 2 aromatic carbocycles. The fourth-order valence-electron chi connectivity index (χ4n) is 3.47. The van der Waals surface area contributed by atoms with Crippen molar-refractivity contribution in [3.8, 4) is 6.07 Å². The van der Waals surface area contributed by atoms with Crippen molar-refractivity contribution in [2.24, 2.45) is 5.92 Å². The van der Waals surface area contributed by atoms with Gasteiger partial charge in [-0.1, -0.05) is 29.8 Å². The number of hydrogen-bond acceptors (Lipinski definition) is 5. The second-order valence-corrected chi connectivity index (χ2v) is 10.8. The van der Waals surface area contributed by atoms with Gasteiger partial charge in [0.1, 0.15) is 5.82 Å². The van der Waals surface area contributed by atoms with Gasteiger partial charge in [-0.15, -0.1) is 0 Å². The molecule has 0 aliphatic carbocycles. The smallest absolute Gasteiger partial charge is 0.243 e. The molecule has 0 atom stereocenters. The van der Waals surface area contributed by atoms with Gasteiger partial charge in [0.05, 0.1) is 21.6 Å². The van der Waals surface area contributed by atoms with E-state index in [-0.39, 0.29) is 34.8 Å². The number of carbonyl (C=O) groups excluding carboxylic acids is 1. The number of nitrogens with one attached hydrogen (secondary N) is 1. The van der Waals surface area contributed by atoms with Gasteiger partial charge in [0.25, 0.3) is 0 Å². The molecule has 1 fully saturated rings. The molecule has 1 saturated heterocycles. The fraction of sp³-hybridized carbons (Fsp3) is 0.364. The van der Waals surface area contributed by atoms with Crippen LogP contribution in [0, 0.1) is 23.1 Å².